The number of hydrogen-bond donors (Lipinski definition) is 0. The quantitative estimate of drug-likeness (QED) is 0.770. The minimum absolute atomic E-state index is 0.0850. The molecule has 2 aliphatic heterocycles. The third-order valence-corrected chi connectivity index (χ3v) is 7.73. The first-order valence-electron chi connectivity index (χ1n) is 8.89. The Bertz CT molecular complexity index is 945. The van der Waals surface area contributed by atoms with Gasteiger partial charge in [0.1, 0.15) is 5.75 Å². The summed E-state index contributed by atoms with van der Waals surface area (Å²) in [6.07, 6.45) is 0. The molecule has 0 radical (unpaired) electrons. The highest BCUT2D eigenvalue weighted by Crippen LogP contribution is 2.34. The van der Waals surface area contributed by atoms with Crippen molar-refractivity contribution in [2.24, 2.45) is 4.99 Å². The summed E-state index contributed by atoms with van der Waals surface area (Å²) in [4.78, 5) is 6.93. The lowest BCUT2D eigenvalue weighted by molar-refractivity contribution is 0.332. The molecule has 0 aromatic heterocycles. The molecule has 2 heterocycles. The maximum absolute atomic E-state index is 12.1. The highest BCUT2D eigenvalue weighted by Gasteiger charge is 2.46. The standard InChI is InChI=1S/C20H22N2O3S2/c1-25-19-10-6-5-9-16(19)11-22-18-14-27(23,24)13-17(18)21-20(22)26-12-15-7-3-2-4-8-15/h2-10,17-18H,11-14H2,1H3/t17-,18-/m0/s1. The second-order valence-electron chi connectivity index (χ2n) is 6.84. The second-order valence-corrected chi connectivity index (χ2v) is 9.93. The van der Waals surface area contributed by atoms with E-state index < -0.39 is 9.84 Å². The van der Waals surface area contributed by atoms with Crippen molar-refractivity contribution in [3.63, 3.8) is 0 Å². The monoisotopic (exact) mass is 402 g/mol. The molecule has 2 atom stereocenters. The highest BCUT2D eigenvalue weighted by atomic mass is 32.2. The van der Waals surface area contributed by atoms with Crippen molar-refractivity contribution in [2.45, 2.75) is 24.4 Å². The largest absolute Gasteiger partial charge is 0.496 e. The lowest BCUT2D eigenvalue weighted by atomic mass is 10.1. The Labute approximate surface area is 164 Å². The fraction of sp³-hybridized carbons (Fsp3) is 0.350. The van der Waals surface area contributed by atoms with Crippen LogP contribution in [0.25, 0.3) is 0 Å². The number of ether oxygens (including phenoxy) is 1. The molecule has 5 nitrogen and oxygen atoms in total. The molecule has 27 heavy (non-hydrogen) atoms. The second kappa shape index (κ2) is 7.56. The van der Waals surface area contributed by atoms with Crippen molar-refractivity contribution < 1.29 is 13.2 Å². The number of sulfone groups is 1. The van der Waals surface area contributed by atoms with Gasteiger partial charge in [0.2, 0.25) is 0 Å². The van der Waals surface area contributed by atoms with Crippen molar-refractivity contribution in [1.82, 2.24) is 4.90 Å². The molecule has 0 saturated carbocycles. The Hall–Kier alpha value is -1.99. The minimum Gasteiger partial charge on any atom is -0.496 e. The summed E-state index contributed by atoms with van der Waals surface area (Å²) in [6, 6.07) is 17.9. The van der Waals surface area contributed by atoms with Gasteiger partial charge in [0.05, 0.1) is 30.7 Å². The van der Waals surface area contributed by atoms with Gasteiger partial charge >= 0.3 is 0 Å². The third-order valence-electron chi connectivity index (χ3n) is 4.96. The predicted molar refractivity (Wildman–Crippen MR) is 110 cm³/mol. The van der Waals surface area contributed by atoms with Crippen LogP contribution in [0.2, 0.25) is 0 Å². The van der Waals surface area contributed by atoms with Gasteiger partial charge in [0, 0.05) is 17.9 Å². The molecule has 1 fully saturated rings. The van der Waals surface area contributed by atoms with E-state index in [4.69, 9.17) is 9.73 Å². The number of para-hydroxylation sites is 1. The lowest BCUT2D eigenvalue weighted by Gasteiger charge is -2.27. The van der Waals surface area contributed by atoms with E-state index in [9.17, 15) is 8.42 Å². The molecule has 7 heteroatoms. The Morgan fingerprint density at radius 2 is 1.85 bits per heavy atom. The predicted octanol–water partition coefficient (Wildman–Crippen LogP) is 2.97. The van der Waals surface area contributed by atoms with Gasteiger partial charge in [-0.25, -0.2) is 8.42 Å². The molecule has 0 N–H and O–H groups in total. The fourth-order valence-corrected chi connectivity index (χ4v) is 6.57. The first kappa shape index (κ1) is 18.4. The van der Waals surface area contributed by atoms with E-state index in [1.807, 2.05) is 42.5 Å². The van der Waals surface area contributed by atoms with Gasteiger partial charge < -0.3 is 9.64 Å². The average molecular weight is 403 g/mol. The number of hydrogen-bond acceptors (Lipinski definition) is 6. The summed E-state index contributed by atoms with van der Waals surface area (Å²) in [5.41, 5.74) is 2.27. The van der Waals surface area contributed by atoms with Gasteiger partial charge in [0.15, 0.2) is 15.0 Å². The van der Waals surface area contributed by atoms with E-state index in [0.29, 0.717) is 6.54 Å². The zero-order valence-electron chi connectivity index (χ0n) is 15.1. The number of fused-ring (bicyclic) bond motifs is 1. The number of amidine groups is 1. The van der Waals surface area contributed by atoms with Crippen molar-refractivity contribution in [3.05, 3.63) is 65.7 Å². The topological polar surface area (TPSA) is 59.0 Å². The molecular weight excluding hydrogens is 380 g/mol. The zero-order valence-corrected chi connectivity index (χ0v) is 16.7. The molecule has 2 aromatic carbocycles. The third kappa shape index (κ3) is 3.99. The summed E-state index contributed by atoms with van der Waals surface area (Å²) in [5, 5.41) is 0.926. The van der Waals surface area contributed by atoms with Crippen molar-refractivity contribution >= 4 is 26.8 Å². The van der Waals surface area contributed by atoms with Crippen molar-refractivity contribution in [1.29, 1.82) is 0 Å². The number of nitrogens with zero attached hydrogens (tertiary/aromatic N) is 2. The van der Waals surface area contributed by atoms with E-state index in [0.717, 1.165) is 22.2 Å². The Balaban J connectivity index is 1.58. The van der Waals surface area contributed by atoms with Crippen LogP contribution >= 0.6 is 11.8 Å². The van der Waals surface area contributed by atoms with Crippen LogP contribution in [0.5, 0.6) is 5.75 Å². The number of rotatable bonds is 5. The van der Waals surface area contributed by atoms with Crippen LogP contribution in [0.3, 0.4) is 0 Å². The molecule has 0 unspecified atom stereocenters. The van der Waals surface area contributed by atoms with Gasteiger partial charge in [-0.3, -0.25) is 4.99 Å². The van der Waals surface area contributed by atoms with E-state index in [2.05, 4.69) is 17.0 Å². The average Bonchev–Trinajstić information content (AvgIpc) is 3.13. The van der Waals surface area contributed by atoms with Gasteiger partial charge in [-0.05, 0) is 11.6 Å². The van der Waals surface area contributed by atoms with Gasteiger partial charge in [-0.2, -0.15) is 0 Å². The van der Waals surface area contributed by atoms with Crippen molar-refractivity contribution in [3.8, 4) is 5.75 Å². The first-order valence-corrected chi connectivity index (χ1v) is 11.7. The van der Waals surface area contributed by atoms with Gasteiger partial charge in [-0.1, -0.05) is 60.3 Å². The van der Waals surface area contributed by atoms with Crippen LogP contribution < -0.4 is 4.74 Å². The zero-order chi connectivity index (χ0) is 18.9. The summed E-state index contributed by atoms with van der Waals surface area (Å²) in [7, 11) is -1.37. The van der Waals surface area contributed by atoms with E-state index in [1.54, 1.807) is 18.9 Å². The van der Waals surface area contributed by atoms with Gasteiger partial charge in [-0.15, -0.1) is 0 Å². The summed E-state index contributed by atoms with van der Waals surface area (Å²) in [6.45, 7) is 0.599. The van der Waals surface area contributed by atoms with Crippen LogP contribution in [-0.2, 0) is 22.1 Å². The summed E-state index contributed by atoms with van der Waals surface area (Å²) >= 11 is 1.68. The number of aliphatic imine (C=N–C) groups is 1. The van der Waals surface area contributed by atoms with Crippen LogP contribution in [0, 0.1) is 0 Å². The Kier molecular flexibility index (Phi) is 5.14. The first-order chi connectivity index (χ1) is 13.1. The number of thioether (sulfide) groups is 1. The maximum Gasteiger partial charge on any atom is 0.160 e. The molecule has 0 bridgehead atoms. The molecule has 142 valence electrons. The van der Waals surface area contributed by atoms with Crippen LogP contribution in [0.15, 0.2) is 59.6 Å². The summed E-state index contributed by atoms with van der Waals surface area (Å²) < 4.78 is 29.7. The molecule has 0 aliphatic carbocycles. The Morgan fingerprint density at radius 1 is 1.11 bits per heavy atom. The van der Waals surface area contributed by atoms with Gasteiger partial charge in [0.25, 0.3) is 0 Å². The maximum atomic E-state index is 12.1. The van der Waals surface area contributed by atoms with Crippen molar-refractivity contribution in [2.75, 3.05) is 18.6 Å². The SMILES string of the molecule is COc1ccccc1CN1C(SCc2ccccc2)=N[C@H]2CS(=O)(=O)C[C@@H]21. The molecule has 1 saturated heterocycles. The van der Waals surface area contributed by atoms with E-state index >= 15 is 0 Å². The fourth-order valence-electron chi connectivity index (χ4n) is 3.63. The van der Waals surface area contributed by atoms with Crippen LogP contribution in [-0.4, -0.2) is 49.2 Å². The van der Waals surface area contributed by atoms with Crippen LogP contribution in [0.1, 0.15) is 11.1 Å². The molecule has 4 rings (SSSR count). The molecule has 0 spiro atoms. The lowest BCUT2D eigenvalue weighted by Crippen LogP contribution is -2.38. The number of methoxy groups -OCH3 is 1. The molecule has 2 aliphatic rings. The molecule has 0 amide bonds. The molecular formula is C20H22N2O3S2. The van der Waals surface area contributed by atoms with E-state index in [-0.39, 0.29) is 23.6 Å². The normalized spacial score (nSPS) is 23.1. The number of benzene rings is 2. The van der Waals surface area contributed by atoms with Crippen LogP contribution in [0.4, 0.5) is 0 Å². The summed E-state index contributed by atoms with van der Waals surface area (Å²) in [5.74, 6) is 1.95. The minimum atomic E-state index is -3.03. The highest BCUT2D eigenvalue weighted by molar-refractivity contribution is 8.13. The smallest absolute Gasteiger partial charge is 0.160 e. The van der Waals surface area contributed by atoms with E-state index in [1.165, 1.54) is 5.56 Å². The Morgan fingerprint density at radius 3 is 2.63 bits per heavy atom. The molecule has 2 aromatic rings.